The van der Waals surface area contributed by atoms with Gasteiger partial charge in [0.2, 0.25) is 0 Å². The van der Waals surface area contributed by atoms with Crippen molar-refractivity contribution in [1.29, 1.82) is 0 Å². The number of para-hydroxylation sites is 2. The highest BCUT2D eigenvalue weighted by Crippen LogP contribution is 2.34. The Morgan fingerprint density at radius 1 is 0.840 bits per heavy atom. The van der Waals surface area contributed by atoms with Crippen LogP contribution in [0, 0.1) is 6.92 Å². The zero-order valence-corrected chi connectivity index (χ0v) is 14.0. The molecule has 0 radical (unpaired) electrons. The first-order chi connectivity index (χ1) is 12.3. The normalized spacial score (nSPS) is 11.6. The monoisotopic (exact) mass is 323 g/mol. The van der Waals surface area contributed by atoms with Gasteiger partial charge in [-0.1, -0.05) is 49.1 Å². The second-order valence-corrected chi connectivity index (χ2v) is 6.33. The van der Waals surface area contributed by atoms with Crippen LogP contribution in [-0.2, 0) is 0 Å². The summed E-state index contributed by atoms with van der Waals surface area (Å²) >= 11 is 0. The fraction of sp³-hybridized carbons (Fsp3) is 0.0435. The average Bonchev–Trinajstić information content (AvgIpc) is 3.15. The van der Waals surface area contributed by atoms with Crippen molar-refractivity contribution < 1.29 is 4.42 Å². The van der Waals surface area contributed by atoms with E-state index >= 15 is 0 Å². The number of fused-ring (bicyclic) bond motifs is 4. The lowest BCUT2D eigenvalue weighted by molar-refractivity contribution is 0.577. The van der Waals surface area contributed by atoms with Crippen LogP contribution in [0.5, 0.6) is 0 Å². The standard InChI is InChI=1S/C23H17NO/c1-3-17-15(2)25-23-13-12-16(14-20(17)23)24-21-10-6-4-8-18(21)19-9-5-7-11-22(19)24/h3-14H,1H2,2H3. The first-order valence-corrected chi connectivity index (χ1v) is 8.42. The molecule has 0 amide bonds. The molecule has 25 heavy (non-hydrogen) atoms. The molecular weight excluding hydrogens is 306 g/mol. The van der Waals surface area contributed by atoms with E-state index in [9.17, 15) is 0 Å². The van der Waals surface area contributed by atoms with Gasteiger partial charge in [-0.3, -0.25) is 0 Å². The summed E-state index contributed by atoms with van der Waals surface area (Å²) in [5.74, 6) is 0.907. The highest BCUT2D eigenvalue weighted by molar-refractivity contribution is 6.09. The molecule has 2 heteroatoms. The van der Waals surface area contributed by atoms with Gasteiger partial charge < -0.3 is 8.98 Å². The number of hydrogen-bond donors (Lipinski definition) is 0. The lowest BCUT2D eigenvalue weighted by atomic mass is 10.1. The van der Waals surface area contributed by atoms with Crippen molar-refractivity contribution in [2.75, 3.05) is 0 Å². The predicted molar refractivity (Wildman–Crippen MR) is 105 cm³/mol. The highest BCUT2D eigenvalue weighted by atomic mass is 16.3. The van der Waals surface area contributed by atoms with Crippen molar-refractivity contribution in [2.24, 2.45) is 0 Å². The summed E-state index contributed by atoms with van der Waals surface area (Å²) in [5, 5.41) is 3.64. The molecule has 0 atom stereocenters. The maximum Gasteiger partial charge on any atom is 0.135 e. The second-order valence-electron chi connectivity index (χ2n) is 6.33. The number of benzene rings is 3. The summed E-state index contributed by atoms with van der Waals surface area (Å²) in [4.78, 5) is 0. The highest BCUT2D eigenvalue weighted by Gasteiger charge is 2.14. The molecule has 0 spiro atoms. The van der Waals surface area contributed by atoms with Crippen molar-refractivity contribution in [3.05, 3.63) is 84.6 Å². The van der Waals surface area contributed by atoms with Crippen molar-refractivity contribution in [3.8, 4) is 5.69 Å². The van der Waals surface area contributed by atoms with Crippen LogP contribution in [0.4, 0.5) is 0 Å². The number of rotatable bonds is 2. The minimum absolute atomic E-state index is 0.900. The summed E-state index contributed by atoms with van der Waals surface area (Å²) < 4.78 is 8.18. The van der Waals surface area contributed by atoms with E-state index in [1.165, 1.54) is 21.8 Å². The van der Waals surface area contributed by atoms with Crippen molar-refractivity contribution >= 4 is 38.9 Å². The molecule has 0 saturated carbocycles. The zero-order chi connectivity index (χ0) is 17.0. The van der Waals surface area contributed by atoms with Gasteiger partial charge in [0.05, 0.1) is 11.0 Å². The van der Waals surface area contributed by atoms with Gasteiger partial charge in [0.1, 0.15) is 11.3 Å². The van der Waals surface area contributed by atoms with Gasteiger partial charge >= 0.3 is 0 Å². The molecule has 0 unspecified atom stereocenters. The molecule has 0 saturated heterocycles. The van der Waals surface area contributed by atoms with E-state index in [1.807, 2.05) is 19.1 Å². The molecular formula is C23H17NO. The number of aryl methyl sites for hydroxylation is 1. The van der Waals surface area contributed by atoms with E-state index in [0.717, 1.165) is 28.0 Å². The average molecular weight is 323 g/mol. The quantitative estimate of drug-likeness (QED) is 0.363. The van der Waals surface area contributed by atoms with Gasteiger partial charge in [-0.25, -0.2) is 0 Å². The Morgan fingerprint density at radius 3 is 2.12 bits per heavy atom. The molecule has 0 N–H and O–H groups in total. The first kappa shape index (κ1) is 14.1. The molecule has 120 valence electrons. The molecule has 0 aliphatic rings. The van der Waals surface area contributed by atoms with E-state index < -0.39 is 0 Å². The van der Waals surface area contributed by atoms with Crippen LogP contribution in [0.15, 0.2) is 77.7 Å². The lowest BCUT2D eigenvalue weighted by Gasteiger charge is -2.08. The van der Waals surface area contributed by atoms with Crippen LogP contribution < -0.4 is 0 Å². The van der Waals surface area contributed by atoms with Gasteiger partial charge in [-0.15, -0.1) is 0 Å². The smallest absolute Gasteiger partial charge is 0.135 e. The summed E-state index contributed by atoms with van der Waals surface area (Å²) in [6.07, 6.45) is 1.87. The maximum absolute atomic E-state index is 5.86. The van der Waals surface area contributed by atoms with Crippen molar-refractivity contribution in [2.45, 2.75) is 6.92 Å². The van der Waals surface area contributed by atoms with Crippen LogP contribution in [0.1, 0.15) is 11.3 Å². The second kappa shape index (κ2) is 5.12. The van der Waals surface area contributed by atoms with Crippen LogP contribution in [-0.4, -0.2) is 4.57 Å². The third-order valence-corrected chi connectivity index (χ3v) is 4.94. The molecule has 2 heterocycles. The van der Waals surface area contributed by atoms with Gasteiger partial charge in [-0.2, -0.15) is 0 Å². The molecule has 5 rings (SSSR count). The molecule has 0 fully saturated rings. The van der Waals surface area contributed by atoms with E-state index in [4.69, 9.17) is 4.42 Å². The number of aromatic nitrogens is 1. The Labute approximate surface area is 145 Å². The van der Waals surface area contributed by atoms with E-state index in [0.29, 0.717) is 0 Å². The summed E-state index contributed by atoms with van der Waals surface area (Å²) in [6, 6.07) is 23.5. The Hall–Kier alpha value is -3.26. The molecule has 2 nitrogen and oxygen atoms in total. The minimum atomic E-state index is 0.900. The van der Waals surface area contributed by atoms with Crippen LogP contribution in [0.2, 0.25) is 0 Å². The Bertz CT molecular complexity index is 1220. The SMILES string of the molecule is C=Cc1c(C)oc2ccc(-n3c4ccccc4c4ccccc43)cc12. The lowest BCUT2D eigenvalue weighted by Crippen LogP contribution is -1.93. The zero-order valence-electron chi connectivity index (χ0n) is 14.0. The Balaban J connectivity index is 1.92. The summed E-state index contributed by atoms with van der Waals surface area (Å²) in [6.45, 7) is 5.92. The third-order valence-electron chi connectivity index (χ3n) is 4.94. The third kappa shape index (κ3) is 1.91. The predicted octanol–water partition coefficient (Wildman–Crippen LogP) is 6.48. The fourth-order valence-electron chi connectivity index (χ4n) is 3.82. The van der Waals surface area contributed by atoms with Gasteiger partial charge in [0, 0.05) is 27.4 Å². The van der Waals surface area contributed by atoms with Crippen LogP contribution in [0.3, 0.4) is 0 Å². The topological polar surface area (TPSA) is 18.1 Å². The van der Waals surface area contributed by atoms with Crippen molar-refractivity contribution in [3.63, 3.8) is 0 Å². The maximum atomic E-state index is 5.86. The fourth-order valence-corrected chi connectivity index (χ4v) is 3.82. The molecule has 3 aromatic carbocycles. The molecule has 5 aromatic rings. The van der Waals surface area contributed by atoms with Gasteiger partial charge in [0.25, 0.3) is 0 Å². The van der Waals surface area contributed by atoms with Gasteiger partial charge in [0.15, 0.2) is 0 Å². The number of furan rings is 1. The molecule has 0 aliphatic carbocycles. The summed E-state index contributed by atoms with van der Waals surface area (Å²) in [5.41, 5.74) is 5.52. The van der Waals surface area contributed by atoms with E-state index in [1.54, 1.807) is 0 Å². The largest absolute Gasteiger partial charge is 0.461 e. The van der Waals surface area contributed by atoms with Crippen LogP contribution >= 0.6 is 0 Å². The Morgan fingerprint density at radius 2 is 1.48 bits per heavy atom. The molecule has 0 aliphatic heterocycles. The number of nitrogens with zero attached hydrogens (tertiary/aromatic N) is 1. The van der Waals surface area contributed by atoms with E-state index in [2.05, 4.69) is 71.8 Å². The minimum Gasteiger partial charge on any atom is -0.461 e. The first-order valence-electron chi connectivity index (χ1n) is 8.42. The Kier molecular flexibility index (Phi) is 2.89. The van der Waals surface area contributed by atoms with E-state index in [-0.39, 0.29) is 0 Å². The molecule has 2 aromatic heterocycles. The summed E-state index contributed by atoms with van der Waals surface area (Å²) in [7, 11) is 0. The van der Waals surface area contributed by atoms with Crippen molar-refractivity contribution in [1.82, 2.24) is 4.57 Å². The van der Waals surface area contributed by atoms with Gasteiger partial charge in [-0.05, 0) is 37.3 Å². The van der Waals surface area contributed by atoms with Crippen LogP contribution in [0.25, 0.3) is 44.5 Å². The molecule has 0 bridgehead atoms. The number of hydrogen-bond acceptors (Lipinski definition) is 1.